The van der Waals surface area contributed by atoms with Gasteiger partial charge >= 0.3 is 0 Å². The Kier molecular flexibility index (Phi) is 6.49. The van der Waals surface area contributed by atoms with Gasteiger partial charge in [0.05, 0.1) is 23.3 Å². The molecule has 0 radical (unpaired) electrons. The van der Waals surface area contributed by atoms with Gasteiger partial charge in [0.15, 0.2) is 0 Å². The number of benzene rings is 3. The molecule has 6 nitrogen and oxygen atoms in total. The molecule has 0 unspecified atom stereocenters. The molecule has 3 rings (SSSR count). The summed E-state index contributed by atoms with van der Waals surface area (Å²) >= 11 is 6.05. The third-order valence-electron chi connectivity index (χ3n) is 3.74. The molecule has 0 aliphatic heterocycles. The summed E-state index contributed by atoms with van der Waals surface area (Å²) in [4.78, 5) is 11.9. The van der Waals surface area contributed by atoms with E-state index < -0.39 is 0 Å². The Labute approximate surface area is 167 Å². The maximum atomic E-state index is 11.9. The molecule has 0 saturated carbocycles. The lowest BCUT2D eigenvalue weighted by atomic mass is 10.1. The Bertz CT molecular complexity index is 1020. The van der Waals surface area contributed by atoms with Gasteiger partial charge < -0.3 is 5.11 Å². The first-order valence-electron chi connectivity index (χ1n) is 8.47. The third-order valence-corrected chi connectivity index (χ3v) is 4.06. The Morgan fingerprint density at radius 2 is 1.75 bits per heavy atom. The number of nitrogens with one attached hydrogen (secondary N) is 1. The molecule has 2 N–H and O–H groups in total. The lowest BCUT2D eigenvalue weighted by Gasteiger charge is -2.02. The molecule has 0 aliphatic carbocycles. The van der Waals surface area contributed by atoms with Crippen LogP contribution in [0.25, 0.3) is 0 Å². The summed E-state index contributed by atoms with van der Waals surface area (Å²) in [5, 5.41) is 22.6. The van der Waals surface area contributed by atoms with Crippen molar-refractivity contribution in [3.8, 4) is 5.75 Å². The van der Waals surface area contributed by atoms with Crippen molar-refractivity contribution in [2.24, 2.45) is 15.3 Å². The summed E-state index contributed by atoms with van der Waals surface area (Å²) in [6.45, 7) is 0. The highest BCUT2D eigenvalue weighted by Crippen LogP contribution is 2.27. The molecule has 0 bridgehead atoms. The molecule has 3 aromatic carbocycles. The number of aromatic hydroxyl groups is 1. The van der Waals surface area contributed by atoms with Crippen molar-refractivity contribution in [3.05, 3.63) is 88.9 Å². The molecule has 0 saturated heterocycles. The topological polar surface area (TPSA) is 86.4 Å². The number of rotatable bonds is 6. The minimum Gasteiger partial charge on any atom is -0.507 e. The third kappa shape index (κ3) is 5.49. The minimum absolute atomic E-state index is 0.0118. The van der Waals surface area contributed by atoms with Crippen LogP contribution in [0.3, 0.4) is 0 Å². The summed E-state index contributed by atoms with van der Waals surface area (Å²) < 4.78 is 0. The van der Waals surface area contributed by atoms with E-state index in [4.69, 9.17) is 11.6 Å². The molecule has 0 spiro atoms. The quantitative estimate of drug-likeness (QED) is 0.345. The monoisotopic (exact) mass is 392 g/mol. The predicted molar refractivity (Wildman–Crippen MR) is 110 cm³/mol. The number of carbonyl (C=O) groups is 1. The highest BCUT2D eigenvalue weighted by Gasteiger charge is 2.03. The van der Waals surface area contributed by atoms with Crippen LogP contribution in [-0.2, 0) is 11.2 Å². The van der Waals surface area contributed by atoms with E-state index >= 15 is 0 Å². The van der Waals surface area contributed by atoms with Gasteiger partial charge in [0.25, 0.3) is 0 Å². The standard InChI is InChI=1S/C21H17ClN4O2/c22-18-8-4-5-9-19(18)25-24-17-10-11-20(27)16(13-17)14-23-26-21(28)12-15-6-2-1-3-7-15/h1-11,13-14,27H,12H2,(H,26,28). The Morgan fingerprint density at radius 1 is 1.00 bits per heavy atom. The predicted octanol–water partition coefficient (Wildman–Crippen LogP) is 5.15. The molecular weight excluding hydrogens is 376 g/mol. The van der Waals surface area contributed by atoms with Crippen molar-refractivity contribution in [3.63, 3.8) is 0 Å². The maximum absolute atomic E-state index is 11.9. The van der Waals surface area contributed by atoms with Gasteiger partial charge in [0.1, 0.15) is 11.4 Å². The van der Waals surface area contributed by atoms with Gasteiger partial charge in [-0.2, -0.15) is 10.2 Å². The van der Waals surface area contributed by atoms with E-state index in [0.29, 0.717) is 22.0 Å². The smallest absolute Gasteiger partial charge is 0.244 e. The Morgan fingerprint density at radius 3 is 2.54 bits per heavy atom. The summed E-state index contributed by atoms with van der Waals surface area (Å²) in [7, 11) is 0. The summed E-state index contributed by atoms with van der Waals surface area (Å²) in [5.41, 5.74) is 4.78. The molecule has 0 atom stereocenters. The van der Waals surface area contributed by atoms with Crippen molar-refractivity contribution in [2.45, 2.75) is 6.42 Å². The van der Waals surface area contributed by atoms with Crippen LogP contribution in [0, 0.1) is 0 Å². The number of carbonyl (C=O) groups excluding carboxylic acids is 1. The number of hydrogen-bond acceptors (Lipinski definition) is 5. The van der Waals surface area contributed by atoms with Gasteiger partial charge in [-0.25, -0.2) is 5.43 Å². The molecule has 0 aliphatic rings. The average molecular weight is 393 g/mol. The normalized spacial score (nSPS) is 11.2. The molecule has 1 amide bonds. The van der Waals surface area contributed by atoms with Crippen molar-refractivity contribution >= 4 is 35.1 Å². The lowest BCUT2D eigenvalue weighted by Crippen LogP contribution is -2.19. The SMILES string of the molecule is O=C(Cc1ccccc1)NN=Cc1cc(N=Nc2ccccc2Cl)ccc1O. The average Bonchev–Trinajstić information content (AvgIpc) is 2.70. The van der Waals surface area contributed by atoms with E-state index in [1.807, 2.05) is 42.5 Å². The first kappa shape index (κ1) is 19.3. The van der Waals surface area contributed by atoms with Gasteiger partial charge in [-0.1, -0.05) is 54.1 Å². The molecule has 0 heterocycles. The highest BCUT2D eigenvalue weighted by molar-refractivity contribution is 6.32. The summed E-state index contributed by atoms with van der Waals surface area (Å²) in [5.74, 6) is -0.241. The van der Waals surface area contributed by atoms with Crippen LogP contribution in [0.15, 0.2) is 88.1 Å². The van der Waals surface area contributed by atoms with Gasteiger partial charge in [0, 0.05) is 5.56 Å². The fourth-order valence-corrected chi connectivity index (χ4v) is 2.52. The molecule has 7 heteroatoms. The van der Waals surface area contributed by atoms with Crippen LogP contribution in [0.2, 0.25) is 5.02 Å². The van der Waals surface area contributed by atoms with Crippen LogP contribution >= 0.6 is 11.6 Å². The second-order valence-electron chi connectivity index (χ2n) is 5.85. The van der Waals surface area contributed by atoms with Crippen LogP contribution in [0.4, 0.5) is 11.4 Å². The van der Waals surface area contributed by atoms with Crippen molar-refractivity contribution in [1.29, 1.82) is 0 Å². The van der Waals surface area contributed by atoms with E-state index in [1.54, 1.807) is 24.3 Å². The zero-order valence-corrected chi connectivity index (χ0v) is 15.5. The molecule has 140 valence electrons. The van der Waals surface area contributed by atoms with Crippen LogP contribution < -0.4 is 5.43 Å². The zero-order chi connectivity index (χ0) is 19.8. The Balaban J connectivity index is 1.65. The number of hydrogen-bond donors (Lipinski definition) is 2. The molecule has 0 aromatic heterocycles. The second kappa shape index (κ2) is 9.43. The van der Waals surface area contributed by atoms with Gasteiger partial charge in [-0.15, -0.1) is 5.11 Å². The van der Waals surface area contributed by atoms with E-state index in [-0.39, 0.29) is 18.1 Å². The summed E-state index contributed by atoms with van der Waals surface area (Å²) in [6, 6.07) is 21.1. The van der Waals surface area contributed by atoms with Crippen LogP contribution in [0.5, 0.6) is 5.75 Å². The largest absolute Gasteiger partial charge is 0.507 e. The fourth-order valence-electron chi connectivity index (χ4n) is 2.35. The second-order valence-corrected chi connectivity index (χ2v) is 6.26. The van der Waals surface area contributed by atoms with Crippen LogP contribution in [0.1, 0.15) is 11.1 Å². The van der Waals surface area contributed by atoms with Crippen molar-refractivity contribution < 1.29 is 9.90 Å². The first-order chi connectivity index (χ1) is 13.6. The number of phenolic OH excluding ortho intramolecular Hbond substituents is 1. The number of halogens is 1. The number of azo groups is 1. The van der Waals surface area contributed by atoms with E-state index in [0.717, 1.165) is 5.56 Å². The number of amides is 1. The number of nitrogens with zero attached hydrogens (tertiary/aromatic N) is 3. The Hall–Kier alpha value is -3.51. The minimum atomic E-state index is -0.253. The van der Waals surface area contributed by atoms with Gasteiger partial charge in [-0.05, 0) is 35.9 Å². The molecule has 0 fully saturated rings. The zero-order valence-electron chi connectivity index (χ0n) is 14.8. The molecule has 3 aromatic rings. The van der Waals surface area contributed by atoms with E-state index in [2.05, 4.69) is 20.8 Å². The first-order valence-corrected chi connectivity index (χ1v) is 8.85. The van der Waals surface area contributed by atoms with Crippen LogP contribution in [-0.4, -0.2) is 17.2 Å². The summed E-state index contributed by atoms with van der Waals surface area (Å²) in [6.07, 6.45) is 1.57. The molecule has 28 heavy (non-hydrogen) atoms. The lowest BCUT2D eigenvalue weighted by molar-refractivity contribution is -0.120. The van der Waals surface area contributed by atoms with Gasteiger partial charge in [-0.3, -0.25) is 4.79 Å². The number of phenols is 1. The molecular formula is C21H17ClN4O2. The van der Waals surface area contributed by atoms with Crippen molar-refractivity contribution in [2.75, 3.05) is 0 Å². The van der Waals surface area contributed by atoms with E-state index in [9.17, 15) is 9.90 Å². The van der Waals surface area contributed by atoms with Crippen molar-refractivity contribution in [1.82, 2.24) is 5.43 Å². The highest BCUT2D eigenvalue weighted by atomic mass is 35.5. The maximum Gasteiger partial charge on any atom is 0.244 e. The van der Waals surface area contributed by atoms with E-state index in [1.165, 1.54) is 12.3 Å². The number of hydrazone groups is 1. The van der Waals surface area contributed by atoms with Gasteiger partial charge in [0.2, 0.25) is 5.91 Å². The fraction of sp³-hybridized carbons (Fsp3) is 0.0476.